The van der Waals surface area contributed by atoms with Crippen LogP contribution in [0.25, 0.3) is 0 Å². The lowest BCUT2D eigenvalue weighted by atomic mass is 10.2. The summed E-state index contributed by atoms with van der Waals surface area (Å²) in [5, 5.41) is 4.49. The van der Waals surface area contributed by atoms with Gasteiger partial charge in [-0.05, 0) is 45.9 Å². The first kappa shape index (κ1) is 20.3. The maximum absolute atomic E-state index is 12.2. The topological polar surface area (TPSA) is 103 Å². The van der Waals surface area contributed by atoms with Gasteiger partial charge in [0.2, 0.25) is 0 Å². The Balaban J connectivity index is 2.76. The van der Waals surface area contributed by atoms with Crippen LogP contribution in [0.5, 0.6) is 11.5 Å². The number of amides is 3. The smallest absolute Gasteiger partial charge is 0.339 e. The molecule has 138 valence electrons. The third-order valence-corrected chi connectivity index (χ3v) is 2.99. The zero-order valence-electron chi connectivity index (χ0n) is 15.0. The summed E-state index contributed by atoms with van der Waals surface area (Å²) in [5.41, 5.74) is 0.200. The van der Waals surface area contributed by atoms with Gasteiger partial charge in [0.1, 0.15) is 0 Å². The Morgan fingerprint density at radius 1 is 1.12 bits per heavy atom. The number of hydrogen-bond acceptors (Lipinski definition) is 6. The molecule has 1 aromatic carbocycles. The van der Waals surface area contributed by atoms with E-state index < -0.39 is 24.0 Å². The number of imide groups is 1. The third kappa shape index (κ3) is 6.33. The van der Waals surface area contributed by atoms with Gasteiger partial charge >= 0.3 is 12.0 Å². The Morgan fingerprint density at radius 2 is 1.80 bits per heavy atom. The third-order valence-electron chi connectivity index (χ3n) is 2.99. The predicted molar refractivity (Wildman–Crippen MR) is 90.9 cm³/mol. The summed E-state index contributed by atoms with van der Waals surface area (Å²) < 4.78 is 15.8. The summed E-state index contributed by atoms with van der Waals surface area (Å²) in [6.07, 6.45) is -1.18. The summed E-state index contributed by atoms with van der Waals surface area (Å²) in [4.78, 5) is 35.3. The highest BCUT2D eigenvalue weighted by molar-refractivity contribution is 5.98. The number of esters is 1. The molecular formula is C17H24N2O6. The van der Waals surface area contributed by atoms with Gasteiger partial charge in [-0.1, -0.05) is 0 Å². The van der Waals surface area contributed by atoms with Crippen LogP contribution in [0.2, 0.25) is 0 Å². The minimum absolute atomic E-state index is 0.0512. The quantitative estimate of drug-likeness (QED) is 0.726. The predicted octanol–water partition coefficient (Wildman–Crippen LogP) is 1.87. The average molecular weight is 352 g/mol. The fraction of sp³-hybridized carbons (Fsp3) is 0.471. The van der Waals surface area contributed by atoms with Crippen molar-refractivity contribution in [1.82, 2.24) is 10.6 Å². The second-order valence-corrected chi connectivity index (χ2v) is 5.43. The molecule has 1 rings (SSSR count). The van der Waals surface area contributed by atoms with Crippen LogP contribution in [0.4, 0.5) is 4.79 Å². The number of rotatable bonds is 7. The molecule has 3 amide bonds. The normalized spacial score (nSPS) is 11.4. The lowest BCUT2D eigenvalue weighted by Gasteiger charge is -2.16. The maximum Gasteiger partial charge on any atom is 0.339 e. The summed E-state index contributed by atoms with van der Waals surface area (Å²) in [5.74, 6) is -0.558. The van der Waals surface area contributed by atoms with Gasteiger partial charge in [-0.15, -0.1) is 0 Å². The first-order chi connectivity index (χ1) is 11.8. The Labute approximate surface area is 146 Å². The van der Waals surface area contributed by atoms with Gasteiger partial charge in [0.05, 0.1) is 18.8 Å². The second-order valence-electron chi connectivity index (χ2n) is 5.43. The lowest BCUT2D eigenvalue weighted by Crippen LogP contribution is -2.44. The van der Waals surface area contributed by atoms with E-state index in [-0.39, 0.29) is 11.7 Å². The van der Waals surface area contributed by atoms with E-state index in [9.17, 15) is 14.4 Å². The monoisotopic (exact) mass is 352 g/mol. The van der Waals surface area contributed by atoms with Gasteiger partial charge in [-0.2, -0.15) is 0 Å². The minimum Gasteiger partial charge on any atom is -0.493 e. The summed E-state index contributed by atoms with van der Waals surface area (Å²) >= 11 is 0. The van der Waals surface area contributed by atoms with Gasteiger partial charge < -0.3 is 19.5 Å². The number of benzene rings is 1. The second kappa shape index (κ2) is 9.51. The highest BCUT2D eigenvalue weighted by Crippen LogP contribution is 2.29. The zero-order chi connectivity index (χ0) is 19.0. The van der Waals surface area contributed by atoms with Gasteiger partial charge in [-0.25, -0.2) is 9.59 Å². The molecule has 0 fully saturated rings. The van der Waals surface area contributed by atoms with Crippen LogP contribution < -0.4 is 20.1 Å². The van der Waals surface area contributed by atoms with E-state index in [2.05, 4.69) is 10.6 Å². The number of ether oxygens (including phenoxy) is 3. The minimum atomic E-state index is -1.13. The van der Waals surface area contributed by atoms with Gasteiger partial charge in [-0.3, -0.25) is 10.1 Å². The number of urea groups is 1. The summed E-state index contributed by atoms with van der Waals surface area (Å²) in [6, 6.07) is 3.92. The molecule has 0 spiro atoms. The fourth-order valence-electron chi connectivity index (χ4n) is 1.85. The van der Waals surface area contributed by atoms with Crippen molar-refractivity contribution in [3.8, 4) is 11.5 Å². The van der Waals surface area contributed by atoms with Crippen LogP contribution in [0, 0.1) is 0 Å². The van der Waals surface area contributed by atoms with Crippen LogP contribution in [-0.4, -0.2) is 43.8 Å². The van der Waals surface area contributed by atoms with Crippen LogP contribution in [0.1, 0.15) is 38.1 Å². The van der Waals surface area contributed by atoms with E-state index in [1.54, 1.807) is 13.0 Å². The average Bonchev–Trinajstić information content (AvgIpc) is 2.54. The Hall–Kier alpha value is -2.77. The van der Waals surface area contributed by atoms with E-state index in [1.165, 1.54) is 26.2 Å². The molecule has 2 N–H and O–H groups in total. The van der Waals surface area contributed by atoms with Gasteiger partial charge in [0, 0.05) is 6.54 Å². The van der Waals surface area contributed by atoms with Crippen molar-refractivity contribution in [2.24, 2.45) is 0 Å². The van der Waals surface area contributed by atoms with E-state index in [0.29, 0.717) is 18.0 Å². The van der Waals surface area contributed by atoms with Crippen LogP contribution in [0.15, 0.2) is 18.2 Å². The molecule has 0 heterocycles. The van der Waals surface area contributed by atoms with Crippen molar-refractivity contribution in [2.45, 2.75) is 39.9 Å². The number of methoxy groups -OCH3 is 1. The molecule has 8 heteroatoms. The highest BCUT2D eigenvalue weighted by atomic mass is 16.5. The highest BCUT2D eigenvalue weighted by Gasteiger charge is 2.21. The van der Waals surface area contributed by atoms with E-state index in [4.69, 9.17) is 14.2 Å². The molecule has 1 aromatic rings. The van der Waals surface area contributed by atoms with Crippen molar-refractivity contribution in [2.75, 3.05) is 13.7 Å². The van der Waals surface area contributed by atoms with Crippen LogP contribution >= 0.6 is 0 Å². The molecule has 8 nitrogen and oxygen atoms in total. The molecule has 1 unspecified atom stereocenters. The number of carbonyl (C=O) groups excluding carboxylic acids is 3. The summed E-state index contributed by atoms with van der Waals surface area (Å²) in [6.45, 7) is 7.21. The van der Waals surface area contributed by atoms with Crippen molar-refractivity contribution in [3.05, 3.63) is 23.8 Å². The van der Waals surface area contributed by atoms with Crippen molar-refractivity contribution < 1.29 is 28.6 Å². The zero-order valence-corrected chi connectivity index (χ0v) is 15.0. The molecule has 25 heavy (non-hydrogen) atoms. The van der Waals surface area contributed by atoms with E-state index in [1.807, 2.05) is 13.8 Å². The Kier molecular flexibility index (Phi) is 7.71. The van der Waals surface area contributed by atoms with Gasteiger partial charge in [0.25, 0.3) is 5.91 Å². The molecule has 0 aromatic heterocycles. The number of nitrogens with one attached hydrogen (secondary N) is 2. The summed E-state index contributed by atoms with van der Waals surface area (Å²) in [7, 11) is 1.46. The van der Waals surface area contributed by atoms with Crippen LogP contribution in [0.3, 0.4) is 0 Å². The van der Waals surface area contributed by atoms with Gasteiger partial charge in [0.15, 0.2) is 17.6 Å². The van der Waals surface area contributed by atoms with Crippen LogP contribution in [-0.2, 0) is 9.53 Å². The number of hydrogen-bond donors (Lipinski definition) is 2. The first-order valence-electron chi connectivity index (χ1n) is 7.92. The fourth-order valence-corrected chi connectivity index (χ4v) is 1.85. The molecule has 0 saturated heterocycles. The molecular weight excluding hydrogens is 328 g/mol. The van der Waals surface area contributed by atoms with Crippen molar-refractivity contribution >= 4 is 17.9 Å². The SMILES string of the molecule is CCNC(=O)NC(=O)C(C)OC(=O)c1ccc(OC(C)C)c(OC)c1. The Morgan fingerprint density at radius 3 is 2.36 bits per heavy atom. The van der Waals surface area contributed by atoms with Crippen molar-refractivity contribution in [1.29, 1.82) is 0 Å². The van der Waals surface area contributed by atoms with E-state index in [0.717, 1.165) is 0 Å². The standard InChI is InChI=1S/C17H24N2O6/c1-6-18-17(22)19-15(20)11(4)25-16(21)12-7-8-13(24-10(2)3)14(9-12)23-5/h7-11H,6H2,1-5H3,(H2,18,19,20,22). The molecule has 0 saturated carbocycles. The maximum atomic E-state index is 12.2. The molecule has 0 aliphatic carbocycles. The van der Waals surface area contributed by atoms with E-state index >= 15 is 0 Å². The molecule has 0 radical (unpaired) electrons. The number of carbonyl (C=O) groups is 3. The largest absolute Gasteiger partial charge is 0.493 e. The van der Waals surface area contributed by atoms with Crippen molar-refractivity contribution in [3.63, 3.8) is 0 Å². The molecule has 0 aliphatic heterocycles. The lowest BCUT2D eigenvalue weighted by molar-refractivity contribution is -0.127. The Bertz CT molecular complexity index is 630. The molecule has 1 atom stereocenters. The molecule has 0 bridgehead atoms. The molecule has 0 aliphatic rings. The first-order valence-corrected chi connectivity index (χ1v) is 7.92.